The van der Waals surface area contributed by atoms with Crippen LogP contribution in [0.2, 0.25) is 0 Å². The van der Waals surface area contributed by atoms with Gasteiger partial charge < -0.3 is 4.74 Å². The Labute approximate surface area is 144 Å². The summed E-state index contributed by atoms with van der Waals surface area (Å²) in [6, 6.07) is 11.7. The SMILES string of the molecule is N#Cc1cc([N+](=O)[O-])ccc1Oc1ccc2ccc(C(F)(F)F)nc2c1. The molecule has 0 saturated heterocycles. The third-order valence-corrected chi connectivity index (χ3v) is 3.48. The second-order valence-corrected chi connectivity index (χ2v) is 5.20. The number of rotatable bonds is 3. The molecule has 3 aromatic rings. The molecule has 0 fully saturated rings. The summed E-state index contributed by atoms with van der Waals surface area (Å²) in [5, 5.41) is 20.3. The maximum atomic E-state index is 12.8. The van der Waals surface area contributed by atoms with E-state index in [9.17, 15) is 23.3 Å². The van der Waals surface area contributed by atoms with Gasteiger partial charge >= 0.3 is 6.18 Å². The summed E-state index contributed by atoms with van der Waals surface area (Å²) in [7, 11) is 0. The van der Waals surface area contributed by atoms with E-state index in [0.29, 0.717) is 5.39 Å². The minimum Gasteiger partial charge on any atom is -0.456 e. The molecule has 26 heavy (non-hydrogen) atoms. The number of aromatic nitrogens is 1. The summed E-state index contributed by atoms with van der Waals surface area (Å²) in [6.07, 6.45) is -4.57. The van der Waals surface area contributed by atoms with Crippen molar-refractivity contribution in [2.75, 3.05) is 0 Å². The van der Waals surface area contributed by atoms with Gasteiger partial charge in [0.15, 0.2) is 0 Å². The summed E-state index contributed by atoms with van der Waals surface area (Å²) in [6.45, 7) is 0. The first kappa shape index (κ1) is 17.2. The van der Waals surface area contributed by atoms with Gasteiger partial charge in [-0.15, -0.1) is 0 Å². The lowest BCUT2D eigenvalue weighted by Crippen LogP contribution is -2.07. The van der Waals surface area contributed by atoms with Gasteiger partial charge in [-0.1, -0.05) is 6.07 Å². The number of benzene rings is 2. The molecule has 2 aromatic carbocycles. The molecule has 130 valence electrons. The number of pyridine rings is 1. The molecule has 0 bridgehead atoms. The van der Waals surface area contributed by atoms with Crippen LogP contribution in [0, 0.1) is 21.4 Å². The number of nitro benzene ring substituents is 1. The molecule has 0 saturated carbocycles. The fourth-order valence-electron chi connectivity index (χ4n) is 2.25. The van der Waals surface area contributed by atoms with Crippen LogP contribution in [0.25, 0.3) is 10.9 Å². The van der Waals surface area contributed by atoms with Crippen molar-refractivity contribution >= 4 is 16.6 Å². The third kappa shape index (κ3) is 3.39. The maximum Gasteiger partial charge on any atom is 0.433 e. The average molecular weight is 359 g/mol. The van der Waals surface area contributed by atoms with E-state index in [1.165, 1.54) is 30.3 Å². The Balaban J connectivity index is 1.99. The number of hydrogen-bond acceptors (Lipinski definition) is 5. The fraction of sp³-hybridized carbons (Fsp3) is 0.0588. The van der Waals surface area contributed by atoms with E-state index in [1.807, 2.05) is 0 Å². The highest BCUT2D eigenvalue weighted by Gasteiger charge is 2.32. The molecule has 0 unspecified atom stereocenters. The van der Waals surface area contributed by atoms with Crippen LogP contribution in [-0.2, 0) is 6.18 Å². The van der Waals surface area contributed by atoms with Crippen LogP contribution in [0.5, 0.6) is 11.5 Å². The summed E-state index contributed by atoms with van der Waals surface area (Å²) in [5.41, 5.74) is -1.31. The molecule has 0 radical (unpaired) electrons. The second-order valence-electron chi connectivity index (χ2n) is 5.20. The van der Waals surface area contributed by atoms with Crippen LogP contribution < -0.4 is 4.74 Å². The van der Waals surface area contributed by atoms with Gasteiger partial charge in [-0.25, -0.2) is 4.98 Å². The Morgan fingerprint density at radius 3 is 2.50 bits per heavy atom. The molecular weight excluding hydrogens is 351 g/mol. The van der Waals surface area contributed by atoms with Crippen molar-refractivity contribution in [2.45, 2.75) is 6.18 Å². The Hall–Kier alpha value is -3.67. The molecule has 9 heteroatoms. The fourth-order valence-corrected chi connectivity index (χ4v) is 2.25. The van der Waals surface area contributed by atoms with E-state index in [0.717, 1.165) is 18.2 Å². The lowest BCUT2D eigenvalue weighted by atomic mass is 10.1. The molecule has 1 heterocycles. The number of ether oxygens (including phenoxy) is 1. The first-order valence-corrected chi connectivity index (χ1v) is 7.12. The number of fused-ring (bicyclic) bond motifs is 1. The molecule has 0 amide bonds. The molecule has 6 nitrogen and oxygen atoms in total. The van der Waals surface area contributed by atoms with Gasteiger partial charge in [0, 0.05) is 23.6 Å². The summed E-state index contributed by atoms with van der Waals surface area (Å²) < 4.78 is 43.8. The molecule has 0 atom stereocenters. The Kier molecular flexibility index (Phi) is 4.18. The Bertz CT molecular complexity index is 1060. The predicted octanol–water partition coefficient (Wildman–Crippen LogP) is 4.83. The molecule has 0 aliphatic carbocycles. The standard InChI is InChI=1S/C17H8F3N3O3/c18-17(19,20)16-6-2-10-1-4-13(8-14(10)22-16)26-15-5-3-12(23(24)25)7-11(15)9-21/h1-8H. The number of nitriles is 1. The highest BCUT2D eigenvalue weighted by Crippen LogP contribution is 2.32. The van der Waals surface area contributed by atoms with Crippen LogP contribution >= 0.6 is 0 Å². The van der Waals surface area contributed by atoms with Gasteiger partial charge in [-0.3, -0.25) is 10.1 Å². The van der Waals surface area contributed by atoms with Crippen molar-refractivity contribution in [3.8, 4) is 17.6 Å². The Morgan fingerprint density at radius 2 is 1.85 bits per heavy atom. The van der Waals surface area contributed by atoms with Crippen LogP contribution in [0.4, 0.5) is 18.9 Å². The number of nitro groups is 1. The van der Waals surface area contributed by atoms with Gasteiger partial charge in [0.05, 0.1) is 10.4 Å². The van der Waals surface area contributed by atoms with Crippen LogP contribution in [-0.4, -0.2) is 9.91 Å². The maximum absolute atomic E-state index is 12.8. The number of hydrogen-bond donors (Lipinski definition) is 0. The van der Waals surface area contributed by atoms with Crippen LogP contribution in [0.15, 0.2) is 48.5 Å². The normalized spacial score (nSPS) is 11.2. The molecule has 0 aliphatic heterocycles. The number of non-ortho nitro benzene ring substituents is 1. The van der Waals surface area contributed by atoms with E-state index in [-0.39, 0.29) is 28.3 Å². The second kappa shape index (κ2) is 6.33. The monoisotopic (exact) mass is 359 g/mol. The minimum atomic E-state index is -4.57. The number of halogens is 3. The van der Waals surface area contributed by atoms with E-state index >= 15 is 0 Å². The van der Waals surface area contributed by atoms with Gasteiger partial charge in [0.25, 0.3) is 5.69 Å². The molecule has 0 aliphatic rings. The van der Waals surface area contributed by atoms with Crippen LogP contribution in [0.3, 0.4) is 0 Å². The van der Waals surface area contributed by atoms with Gasteiger partial charge in [-0.2, -0.15) is 18.4 Å². The van der Waals surface area contributed by atoms with Crippen molar-refractivity contribution in [3.63, 3.8) is 0 Å². The van der Waals surface area contributed by atoms with Gasteiger partial charge in [0.1, 0.15) is 28.8 Å². The topological polar surface area (TPSA) is 89.0 Å². The first-order valence-electron chi connectivity index (χ1n) is 7.12. The zero-order valence-electron chi connectivity index (χ0n) is 12.8. The minimum absolute atomic E-state index is 0.0458. The molecular formula is C17H8F3N3O3. The third-order valence-electron chi connectivity index (χ3n) is 3.48. The highest BCUT2D eigenvalue weighted by molar-refractivity contribution is 5.80. The van der Waals surface area contributed by atoms with E-state index in [1.54, 1.807) is 6.07 Å². The van der Waals surface area contributed by atoms with E-state index in [2.05, 4.69) is 4.98 Å². The van der Waals surface area contributed by atoms with Crippen molar-refractivity contribution < 1.29 is 22.8 Å². The average Bonchev–Trinajstić information content (AvgIpc) is 2.60. The lowest BCUT2D eigenvalue weighted by molar-refractivity contribution is -0.384. The first-order chi connectivity index (χ1) is 12.3. The molecule has 3 rings (SSSR count). The summed E-state index contributed by atoms with van der Waals surface area (Å²) in [5.74, 6) is 0.194. The van der Waals surface area contributed by atoms with Crippen molar-refractivity contribution in [3.05, 3.63) is 69.9 Å². The molecule has 1 aromatic heterocycles. The zero-order chi connectivity index (χ0) is 18.9. The zero-order valence-corrected chi connectivity index (χ0v) is 12.8. The molecule has 0 N–H and O–H groups in total. The van der Waals surface area contributed by atoms with Crippen molar-refractivity contribution in [1.82, 2.24) is 4.98 Å². The van der Waals surface area contributed by atoms with Crippen molar-refractivity contribution in [2.24, 2.45) is 0 Å². The predicted molar refractivity (Wildman–Crippen MR) is 84.6 cm³/mol. The highest BCUT2D eigenvalue weighted by atomic mass is 19.4. The summed E-state index contributed by atoms with van der Waals surface area (Å²) in [4.78, 5) is 13.7. The molecule has 0 spiro atoms. The van der Waals surface area contributed by atoms with E-state index < -0.39 is 16.8 Å². The van der Waals surface area contributed by atoms with Crippen LogP contribution in [0.1, 0.15) is 11.3 Å². The van der Waals surface area contributed by atoms with E-state index in [4.69, 9.17) is 10.00 Å². The van der Waals surface area contributed by atoms with Gasteiger partial charge in [0.2, 0.25) is 0 Å². The Morgan fingerprint density at radius 1 is 1.12 bits per heavy atom. The number of nitrogens with zero attached hydrogens (tertiary/aromatic N) is 3. The lowest BCUT2D eigenvalue weighted by Gasteiger charge is -2.10. The summed E-state index contributed by atoms with van der Waals surface area (Å²) >= 11 is 0. The van der Waals surface area contributed by atoms with Gasteiger partial charge in [-0.05, 0) is 24.3 Å². The smallest absolute Gasteiger partial charge is 0.433 e. The largest absolute Gasteiger partial charge is 0.456 e. The van der Waals surface area contributed by atoms with Crippen molar-refractivity contribution in [1.29, 1.82) is 5.26 Å². The number of alkyl halides is 3. The quantitative estimate of drug-likeness (QED) is 0.494.